The first-order valence-corrected chi connectivity index (χ1v) is 10.2. The molecular weight excluding hydrogens is 423 g/mol. The highest BCUT2D eigenvalue weighted by atomic mass is 35.5. The zero-order chi connectivity index (χ0) is 22.2. The summed E-state index contributed by atoms with van der Waals surface area (Å²) in [5.74, 6) is 0.433. The number of nitrogens with zero attached hydrogens (tertiary/aromatic N) is 2. The number of aromatic nitrogens is 3. The summed E-state index contributed by atoms with van der Waals surface area (Å²) >= 11 is 6.34. The standard InChI is InChI=1S/C22H22ClFN4O3/c1-13-7-19(31-11-20-26-27-21(30)28(20)2)16(9-17(13)23)15-8-14(3-4-18(15)24)10-22(5-6-22)25-12-29/h3-4,7-9,12H,5-6,10-11H2,1-2H3,(H,25,29)(H,27,30). The number of H-pyrrole nitrogens is 1. The summed E-state index contributed by atoms with van der Waals surface area (Å²) in [7, 11) is 1.59. The normalized spacial score (nSPS) is 14.3. The highest BCUT2D eigenvalue weighted by Gasteiger charge is 2.42. The molecule has 1 aromatic heterocycles. The van der Waals surface area contributed by atoms with Crippen LogP contribution in [0.15, 0.2) is 35.1 Å². The van der Waals surface area contributed by atoms with Crippen LogP contribution in [0, 0.1) is 12.7 Å². The fourth-order valence-electron chi connectivity index (χ4n) is 3.56. The van der Waals surface area contributed by atoms with Crippen LogP contribution >= 0.6 is 11.6 Å². The lowest BCUT2D eigenvalue weighted by Crippen LogP contribution is -2.32. The Hall–Kier alpha value is -3.13. The summed E-state index contributed by atoms with van der Waals surface area (Å²) in [6.07, 6.45) is 3.12. The van der Waals surface area contributed by atoms with Gasteiger partial charge >= 0.3 is 5.69 Å². The zero-order valence-corrected chi connectivity index (χ0v) is 17.9. The lowest BCUT2D eigenvalue weighted by molar-refractivity contribution is -0.110. The maximum atomic E-state index is 14.9. The number of carbonyl (C=O) groups excluding carboxylic acids is 1. The van der Waals surface area contributed by atoms with E-state index in [9.17, 15) is 14.0 Å². The first kappa shape index (κ1) is 21.1. The van der Waals surface area contributed by atoms with Crippen molar-refractivity contribution in [2.45, 2.75) is 38.3 Å². The highest BCUT2D eigenvalue weighted by molar-refractivity contribution is 6.31. The molecule has 3 aromatic rings. The van der Waals surface area contributed by atoms with E-state index in [1.807, 2.05) is 6.92 Å². The minimum atomic E-state index is -0.408. The van der Waals surface area contributed by atoms with Crippen LogP contribution in [0.2, 0.25) is 5.02 Å². The number of halogens is 2. The molecule has 1 aliphatic rings. The predicted octanol–water partition coefficient (Wildman–Crippen LogP) is 3.28. The number of aromatic amines is 1. The van der Waals surface area contributed by atoms with E-state index in [1.165, 1.54) is 10.6 Å². The fraction of sp³-hybridized carbons (Fsp3) is 0.318. The van der Waals surface area contributed by atoms with Gasteiger partial charge < -0.3 is 10.1 Å². The van der Waals surface area contributed by atoms with E-state index in [0.717, 1.165) is 24.0 Å². The van der Waals surface area contributed by atoms with Gasteiger partial charge in [0.1, 0.15) is 18.2 Å². The van der Waals surface area contributed by atoms with Gasteiger partial charge in [-0.1, -0.05) is 17.7 Å². The molecule has 1 saturated carbocycles. The molecule has 0 bridgehead atoms. The Morgan fingerprint density at radius 1 is 1.32 bits per heavy atom. The van der Waals surface area contributed by atoms with Crippen LogP contribution < -0.4 is 15.7 Å². The third-order valence-corrected chi connectivity index (χ3v) is 6.08. The predicted molar refractivity (Wildman–Crippen MR) is 115 cm³/mol. The Labute approximate surface area is 183 Å². The molecule has 1 fully saturated rings. The summed E-state index contributed by atoms with van der Waals surface area (Å²) in [5.41, 5.74) is 1.95. The molecule has 162 valence electrons. The van der Waals surface area contributed by atoms with Crippen molar-refractivity contribution in [3.05, 3.63) is 68.6 Å². The quantitative estimate of drug-likeness (QED) is 0.522. The molecular formula is C22H22ClFN4O3. The number of aryl methyl sites for hydroxylation is 1. The molecule has 31 heavy (non-hydrogen) atoms. The molecule has 0 aliphatic heterocycles. The van der Waals surface area contributed by atoms with Gasteiger partial charge in [0.2, 0.25) is 6.41 Å². The second-order valence-electron chi connectivity index (χ2n) is 7.92. The first-order chi connectivity index (χ1) is 14.8. The molecule has 0 radical (unpaired) electrons. The molecule has 0 saturated heterocycles. The van der Waals surface area contributed by atoms with Crippen molar-refractivity contribution in [1.82, 2.24) is 20.1 Å². The van der Waals surface area contributed by atoms with E-state index >= 15 is 0 Å². The first-order valence-electron chi connectivity index (χ1n) is 9.85. The van der Waals surface area contributed by atoms with E-state index in [2.05, 4.69) is 15.5 Å². The second kappa shape index (κ2) is 8.19. The minimum Gasteiger partial charge on any atom is -0.485 e. The van der Waals surface area contributed by atoms with Gasteiger partial charge in [-0.15, -0.1) is 0 Å². The van der Waals surface area contributed by atoms with Crippen molar-refractivity contribution >= 4 is 18.0 Å². The molecule has 2 N–H and O–H groups in total. The molecule has 2 aromatic carbocycles. The van der Waals surface area contributed by atoms with Crippen molar-refractivity contribution in [1.29, 1.82) is 0 Å². The summed E-state index contributed by atoms with van der Waals surface area (Å²) in [4.78, 5) is 22.5. The van der Waals surface area contributed by atoms with E-state index < -0.39 is 5.82 Å². The number of benzene rings is 2. The molecule has 7 nitrogen and oxygen atoms in total. The van der Waals surface area contributed by atoms with Crippen LogP contribution in [0.4, 0.5) is 4.39 Å². The average Bonchev–Trinajstić information content (AvgIpc) is 3.42. The minimum absolute atomic E-state index is 0.0248. The van der Waals surface area contributed by atoms with Crippen LogP contribution in [0.1, 0.15) is 29.8 Å². The SMILES string of the molecule is Cc1cc(OCc2n[nH]c(=O)n2C)c(-c2cc(CC3(NC=O)CC3)ccc2F)cc1Cl. The Morgan fingerprint density at radius 3 is 2.74 bits per heavy atom. The van der Waals surface area contributed by atoms with Crippen LogP contribution in [0.3, 0.4) is 0 Å². The third kappa shape index (κ3) is 4.34. The summed E-state index contributed by atoms with van der Waals surface area (Å²) in [6, 6.07) is 8.32. The van der Waals surface area contributed by atoms with E-state index in [1.54, 1.807) is 31.3 Å². The summed E-state index contributed by atoms with van der Waals surface area (Å²) in [6.45, 7) is 1.86. The van der Waals surface area contributed by atoms with Crippen LogP contribution in [0.25, 0.3) is 11.1 Å². The van der Waals surface area contributed by atoms with Gasteiger partial charge in [0.05, 0.1) is 0 Å². The Bertz CT molecular complexity index is 1200. The maximum Gasteiger partial charge on any atom is 0.343 e. The number of ether oxygens (including phenoxy) is 1. The third-order valence-electron chi connectivity index (χ3n) is 5.67. The lowest BCUT2D eigenvalue weighted by atomic mass is 9.96. The van der Waals surface area contributed by atoms with Crippen LogP contribution in [0.5, 0.6) is 5.75 Å². The average molecular weight is 445 g/mol. The number of amides is 1. The number of rotatable bonds is 8. The molecule has 9 heteroatoms. The van der Waals surface area contributed by atoms with Gasteiger partial charge in [-0.05, 0) is 61.6 Å². The van der Waals surface area contributed by atoms with Gasteiger partial charge in [0.25, 0.3) is 0 Å². The largest absolute Gasteiger partial charge is 0.485 e. The molecule has 4 rings (SSSR count). The van der Waals surface area contributed by atoms with Crippen molar-refractivity contribution in [2.75, 3.05) is 0 Å². The fourth-order valence-corrected chi connectivity index (χ4v) is 3.73. The number of nitrogens with one attached hydrogen (secondary N) is 2. The molecule has 0 spiro atoms. The smallest absolute Gasteiger partial charge is 0.343 e. The summed E-state index contributed by atoms with van der Waals surface area (Å²) in [5, 5.41) is 9.65. The van der Waals surface area contributed by atoms with Crippen LogP contribution in [-0.2, 0) is 24.9 Å². The van der Waals surface area contributed by atoms with Gasteiger partial charge in [0.15, 0.2) is 5.82 Å². The maximum absolute atomic E-state index is 14.9. The topological polar surface area (TPSA) is 89.0 Å². The van der Waals surface area contributed by atoms with Crippen molar-refractivity contribution in [3.63, 3.8) is 0 Å². The lowest BCUT2D eigenvalue weighted by Gasteiger charge is -2.17. The van der Waals surface area contributed by atoms with Gasteiger partial charge in [0, 0.05) is 28.7 Å². The molecule has 0 unspecified atom stereocenters. The molecule has 1 aliphatic carbocycles. The van der Waals surface area contributed by atoms with Gasteiger partial charge in [-0.25, -0.2) is 14.3 Å². The second-order valence-corrected chi connectivity index (χ2v) is 8.33. The number of hydrogen-bond donors (Lipinski definition) is 2. The zero-order valence-electron chi connectivity index (χ0n) is 17.2. The van der Waals surface area contributed by atoms with E-state index in [4.69, 9.17) is 16.3 Å². The monoisotopic (exact) mass is 444 g/mol. The highest BCUT2D eigenvalue weighted by Crippen LogP contribution is 2.41. The van der Waals surface area contributed by atoms with Crippen molar-refractivity contribution < 1.29 is 13.9 Å². The van der Waals surface area contributed by atoms with Crippen molar-refractivity contribution in [3.8, 4) is 16.9 Å². The Balaban J connectivity index is 1.69. The van der Waals surface area contributed by atoms with Gasteiger partial charge in [-0.2, -0.15) is 5.10 Å². The van der Waals surface area contributed by atoms with Crippen LogP contribution in [-0.4, -0.2) is 26.7 Å². The Morgan fingerprint density at radius 2 is 2.10 bits per heavy atom. The summed E-state index contributed by atoms with van der Waals surface area (Å²) < 4.78 is 22.1. The number of hydrogen-bond acceptors (Lipinski definition) is 4. The molecule has 0 atom stereocenters. The number of carbonyl (C=O) groups is 1. The molecule has 1 amide bonds. The van der Waals surface area contributed by atoms with E-state index in [-0.39, 0.29) is 17.8 Å². The van der Waals surface area contributed by atoms with Crippen molar-refractivity contribution in [2.24, 2.45) is 7.05 Å². The Kier molecular flexibility index (Phi) is 5.58. The molecule has 1 heterocycles. The van der Waals surface area contributed by atoms with Gasteiger partial charge in [-0.3, -0.25) is 9.36 Å². The van der Waals surface area contributed by atoms with E-state index in [0.29, 0.717) is 40.6 Å².